The molecule has 1 aliphatic heterocycles. The zero-order valence-corrected chi connectivity index (χ0v) is 15.5. The van der Waals surface area contributed by atoms with E-state index in [1.165, 1.54) is 0 Å². The summed E-state index contributed by atoms with van der Waals surface area (Å²) in [7, 11) is 0. The first-order valence-corrected chi connectivity index (χ1v) is 9.32. The maximum absolute atomic E-state index is 13.4. The Hall–Kier alpha value is -2.13. The summed E-state index contributed by atoms with van der Waals surface area (Å²) in [6.07, 6.45) is 0.993. The fourth-order valence-electron chi connectivity index (χ4n) is 3.89. The number of fused-ring (bicyclic) bond motifs is 1. The van der Waals surface area contributed by atoms with Gasteiger partial charge in [-0.15, -0.1) is 0 Å². The Morgan fingerprint density at radius 1 is 0.960 bits per heavy atom. The first kappa shape index (κ1) is 17.7. The molecular formula is C22H28N2O. The molecule has 0 fully saturated rings. The molecular weight excluding hydrogens is 308 g/mol. The van der Waals surface area contributed by atoms with Crippen molar-refractivity contribution < 1.29 is 4.79 Å². The molecule has 2 aromatic rings. The number of para-hydroxylation sites is 1. The highest BCUT2D eigenvalue weighted by atomic mass is 16.2. The van der Waals surface area contributed by atoms with E-state index in [4.69, 9.17) is 0 Å². The van der Waals surface area contributed by atoms with Crippen molar-refractivity contribution in [2.24, 2.45) is 0 Å². The molecule has 25 heavy (non-hydrogen) atoms. The van der Waals surface area contributed by atoms with E-state index in [-0.39, 0.29) is 5.91 Å². The van der Waals surface area contributed by atoms with E-state index in [0.717, 1.165) is 49.4 Å². The van der Waals surface area contributed by atoms with Crippen molar-refractivity contribution in [3.8, 4) is 0 Å². The lowest BCUT2D eigenvalue weighted by molar-refractivity contribution is -0.121. The average molecular weight is 336 g/mol. The lowest BCUT2D eigenvalue weighted by atomic mass is 9.77. The van der Waals surface area contributed by atoms with E-state index < -0.39 is 5.41 Å². The lowest BCUT2D eigenvalue weighted by Crippen LogP contribution is -2.40. The van der Waals surface area contributed by atoms with E-state index in [9.17, 15) is 4.79 Å². The fourth-order valence-corrected chi connectivity index (χ4v) is 3.89. The maximum atomic E-state index is 13.4. The predicted molar refractivity (Wildman–Crippen MR) is 104 cm³/mol. The van der Waals surface area contributed by atoms with Crippen LogP contribution in [0, 0.1) is 0 Å². The van der Waals surface area contributed by atoms with Crippen molar-refractivity contribution in [2.45, 2.75) is 32.6 Å². The van der Waals surface area contributed by atoms with Crippen LogP contribution in [0.15, 0.2) is 54.6 Å². The van der Waals surface area contributed by atoms with Gasteiger partial charge in [0, 0.05) is 12.2 Å². The van der Waals surface area contributed by atoms with E-state index in [2.05, 4.69) is 49.9 Å². The van der Waals surface area contributed by atoms with E-state index in [1.54, 1.807) is 0 Å². The van der Waals surface area contributed by atoms with Gasteiger partial charge in [0.25, 0.3) is 0 Å². The van der Waals surface area contributed by atoms with Gasteiger partial charge >= 0.3 is 0 Å². The molecule has 0 bridgehead atoms. The topological polar surface area (TPSA) is 23.6 Å². The molecule has 0 saturated heterocycles. The van der Waals surface area contributed by atoms with E-state index in [1.807, 2.05) is 35.2 Å². The summed E-state index contributed by atoms with van der Waals surface area (Å²) in [5, 5.41) is 0. The highest BCUT2D eigenvalue weighted by Crippen LogP contribution is 2.45. The number of amides is 1. The van der Waals surface area contributed by atoms with E-state index >= 15 is 0 Å². The van der Waals surface area contributed by atoms with Gasteiger partial charge in [0.15, 0.2) is 0 Å². The Morgan fingerprint density at radius 3 is 2.28 bits per heavy atom. The Labute approximate surface area is 151 Å². The van der Waals surface area contributed by atoms with Gasteiger partial charge < -0.3 is 9.80 Å². The third-order valence-electron chi connectivity index (χ3n) is 5.51. The Morgan fingerprint density at radius 2 is 1.60 bits per heavy atom. The summed E-state index contributed by atoms with van der Waals surface area (Å²) < 4.78 is 0. The van der Waals surface area contributed by atoms with Gasteiger partial charge in [-0.05, 0) is 50.2 Å². The van der Waals surface area contributed by atoms with Gasteiger partial charge in [-0.2, -0.15) is 0 Å². The van der Waals surface area contributed by atoms with Crippen LogP contribution in [-0.4, -0.2) is 37.0 Å². The van der Waals surface area contributed by atoms with Gasteiger partial charge in [0.1, 0.15) is 0 Å². The Bertz CT molecular complexity index is 724. The molecule has 1 heterocycles. The molecule has 0 saturated carbocycles. The highest BCUT2D eigenvalue weighted by molar-refractivity contribution is 6.10. The molecule has 1 unspecified atom stereocenters. The monoisotopic (exact) mass is 336 g/mol. The Balaban J connectivity index is 1.88. The molecule has 0 spiro atoms. The van der Waals surface area contributed by atoms with Crippen LogP contribution in [0.3, 0.4) is 0 Å². The smallest absolute Gasteiger partial charge is 0.241 e. The zero-order chi connectivity index (χ0) is 17.9. The summed E-state index contributed by atoms with van der Waals surface area (Å²) in [5.41, 5.74) is 2.67. The van der Waals surface area contributed by atoms with Crippen LogP contribution in [0.4, 0.5) is 5.69 Å². The number of benzene rings is 2. The number of hydrogen-bond donors (Lipinski definition) is 0. The third kappa shape index (κ3) is 3.09. The van der Waals surface area contributed by atoms with Gasteiger partial charge in [-0.1, -0.05) is 62.4 Å². The van der Waals surface area contributed by atoms with Crippen LogP contribution >= 0.6 is 0 Å². The molecule has 3 nitrogen and oxygen atoms in total. The molecule has 3 rings (SSSR count). The van der Waals surface area contributed by atoms with Gasteiger partial charge in [-0.3, -0.25) is 4.79 Å². The van der Waals surface area contributed by atoms with Crippen molar-refractivity contribution in [1.29, 1.82) is 0 Å². The molecule has 0 radical (unpaired) electrons. The van der Waals surface area contributed by atoms with Gasteiger partial charge in [0.05, 0.1) is 5.41 Å². The second-order valence-electron chi connectivity index (χ2n) is 6.85. The molecule has 1 aliphatic rings. The van der Waals surface area contributed by atoms with Crippen molar-refractivity contribution in [3.05, 3.63) is 65.7 Å². The molecule has 3 heteroatoms. The van der Waals surface area contributed by atoms with Gasteiger partial charge in [0.2, 0.25) is 5.91 Å². The normalized spacial score (nSPS) is 19.5. The standard InChI is InChI=1S/C22H28N2O/c1-4-23(5-2)16-11-17-24-20-15-10-9-14-19(20)22(3,21(24)25)18-12-7-6-8-13-18/h6-10,12-15H,4-5,11,16-17H2,1-3H3. The quantitative estimate of drug-likeness (QED) is 0.761. The molecule has 0 aromatic heterocycles. The first-order valence-electron chi connectivity index (χ1n) is 9.32. The molecule has 2 aromatic carbocycles. The van der Waals surface area contributed by atoms with Crippen LogP contribution in [0.1, 0.15) is 38.3 Å². The number of carbonyl (C=O) groups excluding carboxylic acids is 1. The number of anilines is 1. The first-order chi connectivity index (χ1) is 12.1. The number of carbonyl (C=O) groups is 1. The maximum Gasteiger partial charge on any atom is 0.241 e. The molecule has 0 aliphatic carbocycles. The Kier molecular flexibility index (Phi) is 5.24. The summed E-state index contributed by atoms with van der Waals surface area (Å²) >= 11 is 0. The second-order valence-corrected chi connectivity index (χ2v) is 6.85. The summed E-state index contributed by atoms with van der Waals surface area (Å²) in [6, 6.07) is 18.4. The van der Waals surface area contributed by atoms with Crippen LogP contribution in [-0.2, 0) is 10.2 Å². The number of nitrogens with zero attached hydrogens (tertiary/aromatic N) is 2. The minimum Gasteiger partial charge on any atom is -0.311 e. The number of hydrogen-bond acceptors (Lipinski definition) is 2. The third-order valence-corrected chi connectivity index (χ3v) is 5.51. The SMILES string of the molecule is CCN(CC)CCCN1C(=O)C(C)(c2ccccc2)c2ccccc21. The molecule has 1 atom stereocenters. The van der Waals surface area contributed by atoms with Crippen molar-refractivity contribution in [2.75, 3.05) is 31.1 Å². The fraction of sp³-hybridized carbons (Fsp3) is 0.409. The van der Waals surface area contributed by atoms with Crippen LogP contribution in [0.5, 0.6) is 0 Å². The highest BCUT2D eigenvalue weighted by Gasteiger charge is 2.48. The minimum absolute atomic E-state index is 0.194. The van der Waals surface area contributed by atoms with Crippen molar-refractivity contribution >= 4 is 11.6 Å². The second kappa shape index (κ2) is 7.40. The summed E-state index contributed by atoms with van der Waals surface area (Å²) in [6.45, 7) is 10.4. The molecule has 0 N–H and O–H groups in total. The average Bonchev–Trinajstić information content (AvgIpc) is 2.89. The van der Waals surface area contributed by atoms with Crippen LogP contribution < -0.4 is 4.90 Å². The number of rotatable bonds is 7. The largest absolute Gasteiger partial charge is 0.311 e. The summed E-state index contributed by atoms with van der Waals surface area (Å²) in [4.78, 5) is 17.8. The minimum atomic E-state index is -0.590. The molecule has 132 valence electrons. The summed E-state index contributed by atoms with van der Waals surface area (Å²) in [5.74, 6) is 0.194. The van der Waals surface area contributed by atoms with E-state index in [0.29, 0.717) is 0 Å². The van der Waals surface area contributed by atoms with Crippen LogP contribution in [0.2, 0.25) is 0 Å². The van der Waals surface area contributed by atoms with Crippen molar-refractivity contribution in [3.63, 3.8) is 0 Å². The van der Waals surface area contributed by atoms with Crippen molar-refractivity contribution in [1.82, 2.24) is 4.90 Å². The van der Waals surface area contributed by atoms with Crippen LogP contribution in [0.25, 0.3) is 0 Å². The molecule has 1 amide bonds. The lowest BCUT2D eigenvalue weighted by Gasteiger charge is -2.26. The predicted octanol–water partition coefficient (Wildman–Crippen LogP) is 4.07. The zero-order valence-electron chi connectivity index (χ0n) is 15.5. The van der Waals surface area contributed by atoms with Gasteiger partial charge in [-0.25, -0.2) is 0 Å².